The van der Waals surface area contributed by atoms with E-state index in [1.807, 2.05) is 31.2 Å². The molecule has 4 nitrogen and oxygen atoms in total. The topological polar surface area (TPSA) is 64.3 Å². The van der Waals surface area contributed by atoms with Crippen molar-refractivity contribution >= 4 is 5.91 Å². The van der Waals surface area contributed by atoms with Gasteiger partial charge in [-0.25, -0.2) is 0 Å². The van der Waals surface area contributed by atoms with E-state index in [1.54, 1.807) is 7.11 Å². The van der Waals surface area contributed by atoms with E-state index >= 15 is 0 Å². The van der Waals surface area contributed by atoms with E-state index in [2.05, 4.69) is 19.2 Å². The van der Waals surface area contributed by atoms with E-state index in [1.165, 1.54) is 0 Å². The second-order valence-corrected chi connectivity index (χ2v) is 5.57. The maximum Gasteiger partial charge on any atom is 0.227 e. The van der Waals surface area contributed by atoms with E-state index in [-0.39, 0.29) is 17.9 Å². The summed E-state index contributed by atoms with van der Waals surface area (Å²) in [6, 6.07) is 7.63. The van der Waals surface area contributed by atoms with Crippen LogP contribution < -0.4 is 15.8 Å². The number of hydrogen-bond acceptors (Lipinski definition) is 3. The summed E-state index contributed by atoms with van der Waals surface area (Å²) in [5.41, 5.74) is 6.67. The van der Waals surface area contributed by atoms with Gasteiger partial charge in [-0.1, -0.05) is 26.0 Å². The summed E-state index contributed by atoms with van der Waals surface area (Å²) < 4.78 is 5.19. The first kappa shape index (κ1) is 16.5. The van der Waals surface area contributed by atoms with E-state index in [4.69, 9.17) is 10.5 Å². The zero-order valence-corrected chi connectivity index (χ0v) is 12.8. The van der Waals surface area contributed by atoms with Crippen molar-refractivity contribution in [2.75, 3.05) is 13.7 Å². The number of methoxy groups -OCH3 is 1. The first-order chi connectivity index (χ1) is 9.47. The molecule has 1 amide bonds. The molecule has 0 saturated heterocycles. The highest BCUT2D eigenvalue weighted by atomic mass is 16.5. The molecule has 0 fully saturated rings. The lowest BCUT2D eigenvalue weighted by molar-refractivity contribution is -0.122. The lowest BCUT2D eigenvalue weighted by Gasteiger charge is -2.21. The van der Waals surface area contributed by atoms with Crippen molar-refractivity contribution in [2.24, 2.45) is 11.7 Å². The molecule has 2 unspecified atom stereocenters. The fraction of sp³-hybridized carbons (Fsp3) is 0.562. The van der Waals surface area contributed by atoms with Crippen LogP contribution in [0.2, 0.25) is 0 Å². The Morgan fingerprint density at radius 3 is 2.60 bits per heavy atom. The van der Waals surface area contributed by atoms with Crippen molar-refractivity contribution in [3.8, 4) is 5.75 Å². The van der Waals surface area contributed by atoms with Gasteiger partial charge in [0.25, 0.3) is 0 Å². The van der Waals surface area contributed by atoms with Crippen LogP contribution in [-0.4, -0.2) is 25.6 Å². The molecule has 0 aromatic heterocycles. The molecule has 1 rings (SSSR count). The van der Waals surface area contributed by atoms with Crippen molar-refractivity contribution in [1.82, 2.24) is 5.32 Å². The predicted molar refractivity (Wildman–Crippen MR) is 81.8 cm³/mol. The van der Waals surface area contributed by atoms with Gasteiger partial charge in [0, 0.05) is 12.6 Å². The minimum Gasteiger partial charge on any atom is -0.497 e. The summed E-state index contributed by atoms with van der Waals surface area (Å²) >= 11 is 0. The molecule has 0 aliphatic heterocycles. The van der Waals surface area contributed by atoms with Gasteiger partial charge in [0.05, 0.1) is 13.0 Å². The average Bonchev–Trinajstić information content (AvgIpc) is 2.45. The zero-order valence-electron chi connectivity index (χ0n) is 12.8. The number of carbonyl (C=O) groups excluding carboxylic acids is 1. The van der Waals surface area contributed by atoms with Gasteiger partial charge in [0.2, 0.25) is 5.91 Å². The molecule has 112 valence electrons. The van der Waals surface area contributed by atoms with Gasteiger partial charge < -0.3 is 15.8 Å². The highest BCUT2D eigenvalue weighted by Crippen LogP contribution is 2.21. The Morgan fingerprint density at radius 1 is 1.35 bits per heavy atom. The largest absolute Gasteiger partial charge is 0.497 e. The number of hydrogen-bond donors (Lipinski definition) is 2. The van der Waals surface area contributed by atoms with Crippen LogP contribution in [0.5, 0.6) is 5.75 Å². The van der Waals surface area contributed by atoms with Gasteiger partial charge in [0.15, 0.2) is 0 Å². The van der Waals surface area contributed by atoms with Crippen LogP contribution in [0, 0.1) is 5.92 Å². The van der Waals surface area contributed by atoms with E-state index < -0.39 is 0 Å². The van der Waals surface area contributed by atoms with Crippen molar-refractivity contribution in [2.45, 2.75) is 39.2 Å². The van der Waals surface area contributed by atoms with Gasteiger partial charge in [-0.05, 0) is 37.0 Å². The molecule has 2 atom stereocenters. The highest BCUT2D eigenvalue weighted by molar-refractivity contribution is 5.83. The van der Waals surface area contributed by atoms with Gasteiger partial charge in [-0.3, -0.25) is 4.79 Å². The van der Waals surface area contributed by atoms with Crippen molar-refractivity contribution in [1.29, 1.82) is 0 Å². The molecule has 3 N–H and O–H groups in total. The maximum absolute atomic E-state index is 12.3. The van der Waals surface area contributed by atoms with Crippen LogP contribution in [-0.2, 0) is 4.79 Å². The average molecular weight is 278 g/mol. The lowest BCUT2D eigenvalue weighted by atomic mass is 9.98. The summed E-state index contributed by atoms with van der Waals surface area (Å²) in [6.07, 6.45) is 0.896. The van der Waals surface area contributed by atoms with Crippen LogP contribution in [0.3, 0.4) is 0 Å². The third-order valence-electron chi connectivity index (χ3n) is 3.37. The summed E-state index contributed by atoms with van der Waals surface area (Å²) in [4.78, 5) is 12.3. The summed E-state index contributed by atoms with van der Waals surface area (Å²) in [5, 5.41) is 3.03. The molecule has 0 saturated carbocycles. The number of ether oxygens (including phenoxy) is 1. The van der Waals surface area contributed by atoms with Crippen molar-refractivity contribution in [3.63, 3.8) is 0 Å². The molecule has 1 aromatic rings. The maximum atomic E-state index is 12.3. The summed E-state index contributed by atoms with van der Waals surface area (Å²) in [5.74, 6) is 1.07. The minimum absolute atomic E-state index is 0.00866. The Labute approximate surface area is 121 Å². The molecule has 0 heterocycles. The van der Waals surface area contributed by atoms with Crippen LogP contribution in [0.4, 0.5) is 0 Å². The Bertz CT molecular complexity index is 432. The highest BCUT2D eigenvalue weighted by Gasteiger charge is 2.19. The van der Waals surface area contributed by atoms with E-state index in [0.717, 1.165) is 17.7 Å². The molecule has 0 spiro atoms. The van der Waals surface area contributed by atoms with Gasteiger partial charge in [-0.15, -0.1) is 0 Å². The second-order valence-electron chi connectivity index (χ2n) is 5.57. The first-order valence-corrected chi connectivity index (χ1v) is 7.12. The van der Waals surface area contributed by atoms with Crippen LogP contribution in [0.1, 0.15) is 38.7 Å². The van der Waals surface area contributed by atoms with Crippen LogP contribution >= 0.6 is 0 Å². The smallest absolute Gasteiger partial charge is 0.227 e. The van der Waals surface area contributed by atoms with E-state index in [9.17, 15) is 4.79 Å². The van der Waals surface area contributed by atoms with E-state index in [0.29, 0.717) is 12.5 Å². The second kappa shape index (κ2) is 7.90. The fourth-order valence-electron chi connectivity index (χ4n) is 2.17. The number of benzene rings is 1. The summed E-state index contributed by atoms with van der Waals surface area (Å²) in [7, 11) is 1.62. The Morgan fingerprint density at radius 2 is 2.05 bits per heavy atom. The minimum atomic E-state index is -0.216. The molecule has 20 heavy (non-hydrogen) atoms. The fourth-order valence-corrected chi connectivity index (χ4v) is 2.17. The number of amides is 1. The lowest BCUT2D eigenvalue weighted by Crippen LogP contribution is -2.42. The Balaban J connectivity index is 2.70. The third kappa shape index (κ3) is 4.85. The number of rotatable bonds is 7. The molecule has 1 aromatic carbocycles. The molecule has 0 aliphatic rings. The number of nitrogens with two attached hydrogens (primary N) is 1. The van der Waals surface area contributed by atoms with Crippen LogP contribution in [0.25, 0.3) is 0 Å². The summed E-state index contributed by atoms with van der Waals surface area (Å²) in [6.45, 7) is 6.61. The third-order valence-corrected chi connectivity index (χ3v) is 3.37. The molecular formula is C16H26N2O2. The molecule has 0 bridgehead atoms. The van der Waals surface area contributed by atoms with Gasteiger partial charge in [-0.2, -0.15) is 0 Å². The number of nitrogens with one attached hydrogen (secondary N) is 1. The first-order valence-electron chi connectivity index (χ1n) is 7.12. The Hall–Kier alpha value is -1.55. The molecule has 0 radical (unpaired) electrons. The quantitative estimate of drug-likeness (QED) is 0.804. The monoisotopic (exact) mass is 278 g/mol. The van der Waals surface area contributed by atoms with Gasteiger partial charge >= 0.3 is 0 Å². The zero-order chi connectivity index (χ0) is 15.1. The standard InChI is InChI=1S/C16H26N2O2/c1-11(2)8-14(10-17)18-16(19)12(3)13-6-5-7-15(9-13)20-4/h5-7,9,11-12,14H,8,10,17H2,1-4H3,(H,18,19). The predicted octanol–water partition coefficient (Wildman–Crippen LogP) is 2.29. The molecule has 0 aliphatic carbocycles. The SMILES string of the molecule is COc1cccc(C(C)C(=O)NC(CN)CC(C)C)c1. The molecule has 4 heteroatoms. The number of carbonyl (C=O) groups is 1. The Kier molecular flexibility index (Phi) is 6.52. The van der Waals surface area contributed by atoms with Crippen molar-refractivity contribution in [3.05, 3.63) is 29.8 Å². The molecular weight excluding hydrogens is 252 g/mol. The van der Waals surface area contributed by atoms with Crippen LogP contribution in [0.15, 0.2) is 24.3 Å². The normalized spacial score (nSPS) is 13.9. The van der Waals surface area contributed by atoms with Crippen molar-refractivity contribution < 1.29 is 9.53 Å². The van der Waals surface area contributed by atoms with Gasteiger partial charge in [0.1, 0.15) is 5.75 Å².